The Balaban J connectivity index is 2.11. The van der Waals surface area contributed by atoms with Crippen LogP contribution in [0, 0.1) is 4.77 Å². The van der Waals surface area contributed by atoms with E-state index < -0.39 is 0 Å². The van der Waals surface area contributed by atoms with Gasteiger partial charge in [0.1, 0.15) is 5.76 Å². The highest BCUT2D eigenvalue weighted by atomic mass is 32.1. The quantitative estimate of drug-likeness (QED) is 0.690. The maximum Gasteiger partial charge on any atom is 0.203 e. The van der Waals surface area contributed by atoms with Gasteiger partial charge >= 0.3 is 0 Å². The van der Waals surface area contributed by atoms with Gasteiger partial charge in [-0.1, -0.05) is 0 Å². The maximum atomic E-state index is 5.40. The van der Waals surface area contributed by atoms with Crippen LogP contribution in [0.1, 0.15) is 5.76 Å². The van der Waals surface area contributed by atoms with Crippen LogP contribution in [0.25, 0.3) is 11.4 Å². The Labute approximate surface area is 143 Å². The first-order valence-electron chi connectivity index (χ1n) is 7.16. The van der Waals surface area contributed by atoms with E-state index in [0.29, 0.717) is 34.4 Å². The minimum absolute atomic E-state index is 0.467. The molecule has 2 aromatic heterocycles. The fourth-order valence-electron chi connectivity index (χ4n) is 2.45. The molecule has 0 spiro atoms. The summed E-state index contributed by atoms with van der Waals surface area (Å²) < 4.78 is 23.9. The van der Waals surface area contributed by atoms with Gasteiger partial charge in [-0.05, 0) is 36.5 Å². The molecule has 3 aromatic rings. The van der Waals surface area contributed by atoms with E-state index in [2.05, 4.69) is 10.2 Å². The van der Waals surface area contributed by atoms with Crippen LogP contribution >= 0.6 is 12.2 Å². The number of furan rings is 1. The summed E-state index contributed by atoms with van der Waals surface area (Å²) in [5.41, 5.74) is 0.781. The van der Waals surface area contributed by atoms with Gasteiger partial charge in [0.25, 0.3) is 0 Å². The molecular formula is C16H17N3O4S. The van der Waals surface area contributed by atoms with Crippen molar-refractivity contribution in [1.82, 2.24) is 14.8 Å². The van der Waals surface area contributed by atoms with Crippen LogP contribution in [-0.4, -0.2) is 36.1 Å². The van der Waals surface area contributed by atoms with Gasteiger partial charge in [-0.25, -0.2) is 0 Å². The molecule has 126 valence electrons. The highest BCUT2D eigenvalue weighted by molar-refractivity contribution is 7.71. The van der Waals surface area contributed by atoms with E-state index in [1.807, 2.05) is 28.8 Å². The van der Waals surface area contributed by atoms with Crippen molar-refractivity contribution < 1.29 is 18.6 Å². The molecule has 0 atom stereocenters. The Kier molecular flexibility index (Phi) is 4.57. The number of nitrogens with zero attached hydrogens (tertiary/aromatic N) is 2. The van der Waals surface area contributed by atoms with Gasteiger partial charge < -0.3 is 18.6 Å². The Morgan fingerprint density at radius 3 is 2.42 bits per heavy atom. The van der Waals surface area contributed by atoms with E-state index in [0.717, 1.165) is 11.3 Å². The number of H-pyrrole nitrogens is 1. The average Bonchev–Trinajstić information content (AvgIpc) is 3.24. The van der Waals surface area contributed by atoms with Crippen molar-refractivity contribution in [2.24, 2.45) is 0 Å². The molecule has 0 aliphatic carbocycles. The predicted octanol–water partition coefficient (Wildman–Crippen LogP) is 3.27. The second kappa shape index (κ2) is 6.79. The fraction of sp³-hybridized carbons (Fsp3) is 0.250. The van der Waals surface area contributed by atoms with E-state index in [1.54, 1.807) is 27.6 Å². The monoisotopic (exact) mass is 347 g/mol. The molecule has 0 aliphatic heterocycles. The second-order valence-corrected chi connectivity index (χ2v) is 5.32. The molecule has 1 N–H and O–H groups in total. The Hall–Kier alpha value is -2.74. The Morgan fingerprint density at radius 2 is 1.88 bits per heavy atom. The Bertz CT molecular complexity index is 858. The molecule has 8 heteroatoms. The van der Waals surface area contributed by atoms with Crippen molar-refractivity contribution in [3.8, 4) is 28.6 Å². The molecule has 2 heterocycles. The summed E-state index contributed by atoms with van der Waals surface area (Å²) in [5, 5.41) is 7.14. The molecule has 0 amide bonds. The normalized spacial score (nSPS) is 10.6. The number of nitrogens with one attached hydrogen (secondary N) is 1. The third-order valence-corrected chi connectivity index (χ3v) is 3.89. The van der Waals surface area contributed by atoms with Gasteiger partial charge in [-0.15, -0.1) is 0 Å². The van der Waals surface area contributed by atoms with Crippen LogP contribution in [-0.2, 0) is 6.54 Å². The van der Waals surface area contributed by atoms with E-state index in [1.165, 1.54) is 0 Å². The molecule has 0 fully saturated rings. The molecule has 7 nitrogen and oxygen atoms in total. The Morgan fingerprint density at radius 1 is 1.17 bits per heavy atom. The van der Waals surface area contributed by atoms with Crippen LogP contribution in [0.3, 0.4) is 0 Å². The number of aromatic nitrogens is 3. The zero-order chi connectivity index (χ0) is 17.1. The lowest BCUT2D eigenvalue weighted by Gasteiger charge is -2.14. The van der Waals surface area contributed by atoms with Crippen LogP contribution in [0.15, 0.2) is 34.9 Å². The van der Waals surface area contributed by atoms with Gasteiger partial charge in [0, 0.05) is 5.56 Å². The number of ether oxygens (including phenoxy) is 3. The van der Waals surface area contributed by atoms with E-state index in [9.17, 15) is 0 Å². The largest absolute Gasteiger partial charge is 0.493 e. The molecule has 0 aliphatic rings. The lowest BCUT2D eigenvalue weighted by Crippen LogP contribution is -2.03. The minimum Gasteiger partial charge on any atom is -0.493 e. The minimum atomic E-state index is 0.467. The van der Waals surface area contributed by atoms with Crippen molar-refractivity contribution in [2.75, 3.05) is 21.3 Å². The van der Waals surface area contributed by atoms with Crippen molar-refractivity contribution in [1.29, 1.82) is 0 Å². The van der Waals surface area contributed by atoms with Crippen LogP contribution in [0.5, 0.6) is 17.2 Å². The second-order valence-electron chi connectivity index (χ2n) is 4.93. The van der Waals surface area contributed by atoms with Crippen molar-refractivity contribution in [2.45, 2.75) is 6.54 Å². The lowest BCUT2D eigenvalue weighted by atomic mass is 10.1. The lowest BCUT2D eigenvalue weighted by molar-refractivity contribution is 0.324. The molecule has 0 bridgehead atoms. The molecular weight excluding hydrogens is 330 g/mol. The summed E-state index contributed by atoms with van der Waals surface area (Å²) in [5.74, 6) is 3.04. The number of aromatic amines is 1. The average molecular weight is 347 g/mol. The predicted molar refractivity (Wildman–Crippen MR) is 90.3 cm³/mol. The van der Waals surface area contributed by atoms with Gasteiger partial charge in [-0.3, -0.25) is 9.67 Å². The topological polar surface area (TPSA) is 74.4 Å². The fourth-order valence-corrected chi connectivity index (χ4v) is 2.65. The first kappa shape index (κ1) is 16.1. The summed E-state index contributed by atoms with van der Waals surface area (Å²) in [7, 11) is 4.70. The van der Waals surface area contributed by atoms with Gasteiger partial charge in [0.05, 0.1) is 34.1 Å². The van der Waals surface area contributed by atoms with Crippen molar-refractivity contribution in [3.05, 3.63) is 41.1 Å². The first-order chi connectivity index (χ1) is 11.7. The van der Waals surface area contributed by atoms with Crippen LogP contribution in [0.2, 0.25) is 0 Å². The van der Waals surface area contributed by atoms with Crippen LogP contribution in [0.4, 0.5) is 0 Å². The molecule has 0 radical (unpaired) electrons. The summed E-state index contributed by atoms with van der Waals surface area (Å²) in [4.78, 5) is 0. The number of benzene rings is 1. The zero-order valence-electron chi connectivity index (χ0n) is 13.5. The van der Waals surface area contributed by atoms with Gasteiger partial charge in [0.2, 0.25) is 5.75 Å². The van der Waals surface area contributed by atoms with E-state index >= 15 is 0 Å². The standard InChI is InChI=1S/C16H17N3O4S/c1-20-12-7-10(8-13(21-2)14(12)22-3)15-17-18-16(24)19(15)9-11-5-4-6-23-11/h4-8H,9H2,1-3H3,(H,18,24). The van der Waals surface area contributed by atoms with Gasteiger partial charge in [-0.2, -0.15) is 5.10 Å². The van der Waals surface area contributed by atoms with Gasteiger partial charge in [0.15, 0.2) is 22.1 Å². The van der Waals surface area contributed by atoms with Crippen molar-refractivity contribution >= 4 is 12.2 Å². The maximum absolute atomic E-state index is 5.40. The molecule has 0 saturated heterocycles. The molecule has 1 aromatic carbocycles. The van der Waals surface area contributed by atoms with E-state index in [-0.39, 0.29) is 0 Å². The number of methoxy groups -OCH3 is 3. The highest BCUT2D eigenvalue weighted by Gasteiger charge is 2.18. The highest BCUT2D eigenvalue weighted by Crippen LogP contribution is 2.40. The first-order valence-corrected chi connectivity index (χ1v) is 7.56. The van der Waals surface area contributed by atoms with Crippen LogP contribution < -0.4 is 14.2 Å². The summed E-state index contributed by atoms with van der Waals surface area (Å²) in [6.45, 7) is 0.467. The number of hydrogen-bond acceptors (Lipinski definition) is 6. The molecule has 3 rings (SSSR count). The molecule has 24 heavy (non-hydrogen) atoms. The van der Waals surface area contributed by atoms with E-state index in [4.69, 9.17) is 30.8 Å². The molecule has 0 saturated carbocycles. The zero-order valence-corrected chi connectivity index (χ0v) is 14.3. The summed E-state index contributed by atoms with van der Waals surface area (Å²) in [6.07, 6.45) is 1.62. The summed E-state index contributed by atoms with van der Waals surface area (Å²) >= 11 is 5.33. The number of rotatable bonds is 6. The summed E-state index contributed by atoms with van der Waals surface area (Å²) in [6, 6.07) is 7.36. The van der Waals surface area contributed by atoms with Crippen molar-refractivity contribution in [3.63, 3.8) is 0 Å². The third kappa shape index (κ3) is 2.88. The number of hydrogen-bond donors (Lipinski definition) is 1. The smallest absolute Gasteiger partial charge is 0.203 e. The third-order valence-electron chi connectivity index (χ3n) is 3.58. The molecule has 0 unspecified atom stereocenters. The SMILES string of the molecule is COc1cc(-c2n[nH]c(=S)n2Cc2ccco2)cc(OC)c1OC.